The molecule has 0 aliphatic rings. The molecule has 0 unspecified atom stereocenters. The fraction of sp³-hybridized carbons (Fsp3) is 0.200. The minimum atomic E-state index is -4.69. The minimum absolute atomic E-state index is 0. The Balaban J connectivity index is 0. The van der Waals surface area contributed by atoms with Crippen molar-refractivity contribution in [2.45, 2.75) is 5.75 Å². The van der Waals surface area contributed by atoms with Crippen molar-refractivity contribution in [1.29, 1.82) is 0 Å². The molecule has 0 aliphatic carbocycles. The summed E-state index contributed by atoms with van der Waals surface area (Å²) in [5.41, 5.74) is -1.35. The standard InChI is InChI=1S/C5H7N2O5PS.2Na/c8-4-3(1-6-5(9)7-4)2-14-13(10,11)12;;/h1H,2H2,(H2,10,11,12)(H2,6,7,8,9);;/q;2*+1/p-2. The van der Waals surface area contributed by atoms with Gasteiger partial charge in [0.25, 0.3) is 5.56 Å². The summed E-state index contributed by atoms with van der Waals surface area (Å²) in [5, 5.41) is 0. The molecule has 78 valence electrons. The molecule has 2 N–H and O–H groups in total. The van der Waals surface area contributed by atoms with Crippen molar-refractivity contribution in [1.82, 2.24) is 9.97 Å². The van der Waals surface area contributed by atoms with Crippen LogP contribution in [0.5, 0.6) is 0 Å². The van der Waals surface area contributed by atoms with Crippen LogP contribution in [0.3, 0.4) is 0 Å². The van der Waals surface area contributed by atoms with Crippen molar-refractivity contribution < 1.29 is 73.5 Å². The van der Waals surface area contributed by atoms with Crippen LogP contribution in [0.4, 0.5) is 0 Å². The summed E-state index contributed by atoms with van der Waals surface area (Å²) < 4.78 is 10.2. The van der Waals surface area contributed by atoms with Gasteiger partial charge in [0.2, 0.25) is 0 Å². The zero-order valence-corrected chi connectivity index (χ0v) is 14.4. The third kappa shape index (κ3) is 7.50. The minimum Gasteiger partial charge on any atom is -0.803 e. The van der Waals surface area contributed by atoms with Gasteiger partial charge in [0.1, 0.15) is 0 Å². The Morgan fingerprint density at radius 3 is 2.31 bits per heavy atom. The molecule has 16 heavy (non-hydrogen) atoms. The number of hydrogen-bond donors (Lipinski definition) is 2. The summed E-state index contributed by atoms with van der Waals surface area (Å²) in [6, 6.07) is 0. The molecule has 0 aromatic carbocycles. The molecule has 0 amide bonds. The molecular formula is C5H5N2Na2O5PS. The van der Waals surface area contributed by atoms with Gasteiger partial charge in [-0.25, -0.2) is 4.79 Å². The van der Waals surface area contributed by atoms with Gasteiger partial charge in [0.05, 0.1) is 0 Å². The third-order valence-electron chi connectivity index (χ3n) is 1.27. The number of aromatic nitrogens is 2. The van der Waals surface area contributed by atoms with E-state index < -0.39 is 18.0 Å². The van der Waals surface area contributed by atoms with Crippen LogP contribution < -0.4 is 80.2 Å². The van der Waals surface area contributed by atoms with Crippen LogP contribution in [0.2, 0.25) is 0 Å². The first-order valence-electron chi connectivity index (χ1n) is 3.36. The molecular weight excluding hydrogens is 277 g/mol. The van der Waals surface area contributed by atoms with Gasteiger partial charge in [-0.05, 0) is 6.80 Å². The van der Waals surface area contributed by atoms with E-state index >= 15 is 0 Å². The van der Waals surface area contributed by atoms with Crippen molar-refractivity contribution >= 4 is 18.2 Å². The summed E-state index contributed by atoms with van der Waals surface area (Å²) in [5.74, 6) is -0.281. The summed E-state index contributed by atoms with van der Waals surface area (Å²) in [7, 11) is 0. The Bertz CT molecular complexity index is 482. The molecule has 1 aromatic heterocycles. The fourth-order valence-electron chi connectivity index (χ4n) is 0.694. The van der Waals surface area contributed by atoms with Crippen LogP contribution in [0, 0.1) is 0 Å². The van der Waals surface area contributed by atoms with Crippen LogP contribution in [0.1, 0.15) is 5.56 Å². The van der Waals surface area contributed by atoms with Gasteiger partial charge in [-0.2, -0.15) is 0 Å². The molecule has 0 radical (unpaired) electrons. The maximum absolute atomic E-state index is 11.0. The summed E-state index contributed by atoms with van der Waals surface area (Å²) in [6.07, 6.45) is 1.07. The van der Waals surface area contributed by atoms with E-state index in [1.54, 1.807) is 0 Å². The molecule has 0 aliphatic heterocycles. The Kier molecular flexibility index (Phi) is 10.1. The summed E-state index contributed by atoms with van der Waals surface area (Å²) in [4.78, 5) is 46.0. The van der Waals surface area contributed by atoms with E-state index in [2.05, 4.69) is 4.98 Å². The van der Waals surface area contributed by atoms with Crippen molar-refractivity contribution in [3.63, 3.8) is 0 Å². The Labute approximate surface area is 138 Å². The number of rotatable bonds is 3. The van der Waals surface area contributed by atoms with E-state index in [1.165, 1.54) is 0 Å². The molecule has 1 heterocycles. The molecule has 0 spiro atoms. The second-order valence-electron chi connectivity index (χ2n) is 2.32. The first kappa shape index (κ1) is 19.5. The van der Waals surface area contributed by atoms with Crippen molar-refractivity contribution in [2.24, 2.45) is 0 Å². The van der Waals surface area contributed by atoms with E-state index in [0.29, 0.717) is 0 Å². The van der Waals surface area contributed by atoms with E-state index in [-0.39, 0.29) is 81.8 Å². The summed E-state index contributed by atoms with van der Waals surface area (Å²) in [6.45, 7) is -4.69. The zero-order valence-electron chi connectivity index (χ0n) is 8.68. The van der Waals surface area contributed by atoms with Gasteiger partial charge in [-0.15, -0.1) is 11.4 Å². The number of aromatic amines is 2. The van der Waals surface area contributed by atoms with Crippen molar-refractivity contribution in [3.8, 4) is 0 Å². The maximum Gasteiger partial charge on any atom is 1.00 e. The van der Waals surface area contributed by atoms with Crippen LogP contribution in [-0.4, -0.2) is 9.97 Å². The van der Waals surface area contributed by atoms with Crippen LogP contribution in [0.15, 0.2) is 15.8 Å². The average Bonchev–Trinajstić information content (AvgIpc) is 2.00. The van der Waals surface area contributed by atoms with E-state index in [1.807, 2.05) is 4.98 Å². The Morgan fingerprint density at radius 2 is 1.88 bits per heavy atom. The molecule has 0 fully saturated rings. The number of nitrogens with one attached hydrogen (secondary N) is 2. The zero-order chi connectivity index (χ0) is 10.8. The van der Waals surface area contributed by atoms with E-state index in [4.69, 9.17) is 0 Å². The first-order valence-corrected chi connectivity index (χ1v) is 6.49. The second-order valence-corrected chi connectivity index (χ2v) is 5.88. The van der Waals surface area contributed by atoms with Gasteiger partial charge in [0.15, 0.2) is 0 Å². The molecule has 0 atom stereocenters. The average molecular weight is 282 g/mol. The fourth-order valence-corrected chi connectivity index (χ4v) is 2.10. The summed E-state index contributed by atoms with van der Waals surface area (Å²) >= 11 is 0.109. The third-order valence-corrected chi connectivity index (χ3v) is 3.37. The molecule has 1 rings (SSSR count). The quantitative estimate of drug-likeness (QED) is 0.418. The second kappa shape index (κ2) is 8.31. The predicted octanol–water partition coefficient (Wildman–Crippen LogP) is -7.87. The predicted molar refractivity (Wildman–Crippen MR) is 46.6 cm³/mol. The number of hydrogen-bond acceptors (Lipinski definition) is 6. The van der Waals surface area contributed by atoms with Gasteiger partial charge >= 0.3 is 64.8 Å². The molecule has 0 saturated heterocycles. The van der Waals surface area contributed by atoms with Gasteiger partial charge < -0.3 is 19.3 Å². The topological polar surface area (TPSA) is 129 Å². The van der Waals surface area contributed by atoms with Crippen molar-refractivity contribution in [3.05, 3.63) is 32.6 Å². The molecule has 7 nitrogen and oxygen atoms in total. The normalized spacial score (nSPS) is 10.1. The van der Waals surface area contributed by atoms with Gasteiger partial charge in [-0.1, -0.05) is 0 Å². The maximum atomic E-state index is 11.0. The SMILES string of the molecule is O=c1[nH]cc(CSP(=O)([O-])[O-])c(=O)[nH]1.[Na+].[Na+]. The molecule has 1 aromatic rings. The van der Waals surface area contributed by atoms with Crippen LogP contribution >= 0.6 is 18.2 Å². The van der Waals surface area contributed by atoms with Crippen molar-refractivity contribution in [2.75, 3.05) is 0 Å². The van der Waals surface area contributed by atoms with E-state index in [0.717, 1.165) is 6.20 Å². The molecule has 0 saturated carbocycles. The Hall–Kier alpha value is 1.18. The van der Waals surface area contributed by atoms with Crippen LogP contribution in [0.25, 0.3) is 0 Å². The Morgan fingerprint density at radius 1 is 1.31 bits per heavy atom. The number of H-pyrrole nitrogens is 2. The monoisotopic (exact) mass is 282 g/mol. The van der Waals surface area contributed by atoms with E-state index in [9.17, 15) is 23.9 Å². The van der Waals surface area contributed by atoms with Crippen LogP contribution in [-0.2, 0) is 10.3 Å². The molecule has 11 heteroatoms. The van der Waals surface area contributed by atoms with Gasteiger partial charge in [0, 0.05) is 17.5 Å². The first-order chi connectivity index (χ1) is 6.38. The van der Waals surface area contributed by atoms with Gasteiger partial charge in [-0.3, -0.25) is 9.78 Å². The largest absolute Gasteiger partial charge is 1.00 e. The molecule has 0 bridgehead atoms. The smallest absolute Gasteiger partial charge is 0.803 e.